The first-order valence-electron chi connectivity index (χ1n) is 15.9. The highest BCUT2D eigenvalue weighted by atomic mass is 35.5. The van der Waals surface area contributed by atoms with E-state index < -0.39 is 6.09 Å². The smallest absolute Gasteiger partial charge is 0.407 e. The summed E-state index contributed by atoms with van der Waals surface area (Å²) in [5.41, 5.74) is 5.05. The van der Waals surface area contributed by atoms with Crippen LogP contribution >= 0.6 is 11.6 Å². The number of benzene rings is 3. The molecule has 1 aliphatic rings. The van der Waals surface area contributed by atoms with Crippen LogP contribution in [0, 0.1) is 18.3 Å². The number of rotatable bonds is 12. The molecule has 2 atom stereocenters. The Hall–Kier alpha value is -4.62. The molecule has 244 valence electrons. The van der Waals surface area contributed by atoms with Gasteiger partial charge in [-0.05, 0) is 86.7 Å². The van der Waals surface area contributed by atoms with Gasteiger partial charge in [-0.3, -0.25) is 4.79 Å². The Bertz CT molecular complexity index is 1710. The minimum Gasteiger partial charge on any atom is -0.465 e. The molecule has 4 N–H and O–H groups in total. The highest BCUT2D eigenvalue weighted by Crippen LogP contribution is 2.28. The molecule has 0 saturated carbocycles. The lowest BCUT2D eigenvalue weighted by atomic mass is 10.0. The Morgan fingerprint density at radius 1 is 1.04 bits per heavy atom. The van der Waals surface area contributed by atoms with Crippen LogP contribution in [-0.2, 0) is 13.0 Å². The average molecular weight is 654 g/mol. The number of nitrogens with one attached hydrogen (secondary N) is 3. The van der Waals surface area contributed by atoms with Crippen molar-refractivity contribution in [3.05, 3.63) is 117 Å². The maximum atomic E-state index is 13.7. The highest BCUT2D eigenvalue weighted by Gasteiger charge is 2.24. The van der Waals surface area contributed by atoms with Crippen LogP contribution in [-0.4, -0.2) is 53.7 Å². The van der Waals surface area contributed by atoms with Gasteiger partial charge in [0.1, 0.15) is 11.5 Å². The molecule has 1 saturated heterocycles. The van der Waals surface area contributed by atoms with Crippen molar-refractivity contribution in [1.82, 2.24) is 20.9 Å². The summed E-state index contributed by atoms with van der Waals surface area (Å²) in [6, 6.07) is 27.0. The fraction of sp³-hybridized carbons (Fsp3) is 0.324. The van der Waals surface area contributed by atoms with Gasteiger partial charge in [-0.25, -0.2) is 4.79 Å². The normalized spacial score (nSPS) is 14.7. The summed E-state index contributed by atoms with van der Waals surface area (Å²) in [6.07, 6.45) is 1.03. The van der Waals surface area contributed by atoms with Crippen LogP contribution in [0.2, 0.25) is 5.02 Å². The monoisotopic (exact) mass is 653 g/mol. The summed E-state index contributed by atoms with van der Waals surface area (Å²) in [7, 11) is 0. The molecule has 1 aromatic heterocycles. The van der Waals surface area contributed by atoms with E-state index >= 15 is 0 Å². The quantitative estimate of drug-likeness (QED) is 0.134. The molecule has 1 aliphatic heterocycles. The fourth-order valence-corrected chi connectivity index (χ4v) is 5.93. The van der Waals surface area contributed by atoms with Gasteiger partial charge in [-0.1, -0.05) is 53.6 Å². The summed E-state index contributed by atoms with van der Waals surface area (Å²) in [6.45, 7) is 6.16. The van der Waals surface area contributed by atoms with Gasteiger partial charge in [-0.15, -0.1) is 0 Å². The van der Waals surface area contributed by atoms with Gasteiger partial charge in [0.15, 0.2) is 0 Å². The van der Waals surface area contributed by atoms with E-state index in [0.717, 1.165) is 16.9 Å². The number of hydrogen-bond donors (Lipinski definition) is 4. The Labute approximate surface area is 280 Å². The molecule has 2 heterocycles. The molecular formula is C37H40ClN5O4. The summed E-state index contributed by atoms with van der Waals surface area (Å²) >= 11 is 6.55. The van der Waals surface area contributed by atoms with E-state index in [1.165, 1.54) is 16.0 Å². The number of piperidine rings is 1. The van der Waals surface area contributed by atoms with Gasteiger partial charge < -0.3 is 30.4 Å². The third-order valence-electron chi connectivity index (χ3n) is 8.64. The van der Waals surface area contributed by atoms with Crippen molar-refractivity contribution in [1.29, 1.82) is 5.26 Å². The average Bonchev–Trinajstić information content (AvgIpc) is 3.56. The van der Waals surface area contributed by atoms with Crippen LogP contribution in [0.1, 0.15) is 64.2 Å². The Kier molecular flexibility index (Phi) is 11.3. The summed E-state index contributed by atoms with van der Waals surface area (Å²) in [5.74, 6) is 1.11. The number of likely N-dealkylation sites (tertiary alicyclic amines) is 1. The lowest BCUT2D eigenvalue weighted by Gasteiger charge is -2.31. The second kappa shape index (κ2) is 15.8. The zero-order valence-electron chi connectivity index (χ0n) is 26.6. The Morgan fingerprint density at radius 2 is 1.77 bits per heavy atom. The topological polar surface area (TPSA) is 131 Å². The third kappa shape index (κ3) is 9.23. The van der Waals surface area contributed by atoms with E-state index in [1.54, 1.807) is 24.3 Å². The molecule has 1 fully saturated rings. The number of carbonyl (C=O) groups is 2. The molecule has 0 unspecified atom stereocenters. The lowest BCUT2D eigenvalue weighted by molar-refractivity contribution is 0.0933. The summed E-state index contributed by atoms with van der Waals surface area (Å²) < 4.78 is 6.15. The van der Waals surface area contributed by atoms with Crippen LogP contribution in [0.3, 0.4) is 0 Å². The number of nitriles is 1. The number of nitrogens with zero attached hydrogens (tertiary/aromatic N) is 2. The maximum absolute atomic E-state index is 13.7. The molecule has 5 rings (SSSR count). The van der Waals surface area contributed by atoms with Gasteiger partial charge in [0.05, 0.1) is 28.8 Å². The van der Waals surface area contributed by atoms with Gasteiger partial charge in [0.25, 0.3) is 5.91 Å². The van der Waals surface area contributed by atoms with Gasteiger partial charge in [0, 0.05) is 43.3 Å². The van der Waals surface area contributed by atoms with Gasteiger partial charge in [0.2, 0.25) is 0 Å². The molecule has 4 aromatic rings. The first-order chi connectivity index (χ1) is 22.7. The summed E-state index contributed by atoms with van der Waals surface area (Å²) in [5, 5.41) is 29.0. The first-order valence-corrected chi connectivity index (χ1v) is 16.3. The minimum atomic E-state index is -0.899. The number of hydrogen-bond acceptors (Lipinski definition) is 6. The van der Waals surface area contributed by atoms with E-state index in [-0.39, 0.29) is 24.0 Å². The zero-order valence-corrected chi connectivity index (χ0v) is 27.4. The van der Waals surface area contributed by atoms with Crippen LogP contribution in [0.25, 0.3) is 11.3 Å². The standard InChI is InChI=1S/C37H40ClN5O4/c1-24-3-9-28(10-4-24)25(2)40-23-32-12-14-35(47-32)29-11-13-34(38)33(20-29)36(44)42-31(19-26-5-7-27(21-39)8-6-26)22-41-30-15-17-43(18-16-30)37(45)46/h3-14,20,25,30-31,40-41H,15-19,22-23H2,1-2H3,(H,42,44)(H,45,46)/t25-,31-/m1/s1. The Balaban J connectivity index is 1.25. The van der Waals surface area contributed by atoms with Crippen molar-refractivity contribution in [2.75, 3.05) is 19.6 Å². The van der Waals surface area contributed by atoms with Gasteiger partial charge >= 0.3 is 6.09 Å². The summed E-state index contributed by atoms with van der Waals surface area (Å²) in [4.78, 5) is 26.4. The number of carboxylic acid groups (broad SMARTS) is 1. The van der Waals surface area contributed by atoms with E-state index in [4.69, 9.17) is 16.0 Å². The predicted molar refractivity (Wildman–Crippen MR) is 182 cm³/mol. The van der Waals surface area contributed by atoms with E-state index in [1.807, 2.05) is 30.3 Å². The Morgan fingerprint density at radius 3 is 2.45 bits per heavy atom. The third-order valence-corrected chi connectivity index (χ3v) is 8.97. The van der Waals surface area contributed by atoms with Crippen LogP contribution < -0.4 is 16.0 Å². The van der Waals surface area contributed by atoms with Crippen LogP contribution in [0.5, 0.6) is 0 Å². The van der Waals surface area contributed by atoms with E-state index in [2.05, 4.69) is 60.1 Å². The van der Waals surface area contributed by atoms with Crippen molar-refractivity contribution < 1.29 is 19.1 Å². The largest absolute Gasteiger partial charge is 0.465 e. The van der Waals surface area contributed by atoms with Crippen molar-refractivity contribution in [2.24, 2.45) is 0 Å². The molecular weight excluding hydrogens is 614 g/mol. The number of carbonyl (C=O) groups excluding carboxylic acids is 1. The molecule has 3 aromatic carbocycles. The SMILES string of the molecule is Cc1ccc([C@@H](C)NCc2ccc(-c3ccc(Cl)c(C(=O)N[C@@H](CNC4CCN(C(=O)O)CC4)Cc4ccc(C#N)cc4)c3)o2)cc1. The van der Waals surface area contributed by atoms with E-state index in [9.17, 15) is 20.0 Å². The fourth-order valence-electron chi connectivity index (χ4n) is 5.73. The van der Waals surface area contributed by atoms with Crippen molar-refractivity contribution >= 4 is 23.6 Å². The lowest BCUT2D eigenvalue weighted by Crippen LogP contribution is -2.49. The first kappa shape index (κ1) is 33.7. The minimum absolute atomic E-state index is 0.139. The number of aryl methyl sites for hydroxylation is 1. The van der Waals surface area contributed by atoms with Crippen LogP contribution in [0.4, 0.5) is 4.79 Å². The second-order valence-electron chi connectivity index (χ2n) is 12.1. The molecule has 9 nitrogen and oxygen atoms in total. The molecule has 10 heteroatoms. The molecule has 0 bridgehead atoms. The number of amides is 2. The van der Waals surface area contributed by atoms with Crippen LogP contribution in [0.15, 0.2) is 83.3 Å². The highest BCUT2D eigenvalue weighted by molar-refractivity contribution is 6.34. The molecule has 2 amide bonds. The van der Waals surface area contributed by atoms with Crippen molar-refractivity contribution in [3.63, 3.8) is 0 Å². The van der Waals surface area contributed by atoms with Crippen molar-refractivity contribution in [3.8, 4) is 17.4 Å². The predicted octanol–water partition coefficient (Wildman–Crippen LogP) is 6.70. The van der Waals surface area contributed by atoms with E-state index in [0.29, 0.717) is 67.4 Å². The zero-order chi connectivity index (χ0) is 33.3. The second-order valence-corrected chi connectivity index (χ2v) is 12.5. The van der Waals surface area contributed by atoms with Gasteiger partial charge in [-0.2, -0.15) is 5.26 Å². The maximum Gasteiger partial charge on any atom is 0.407 e. The van der Waals surface area contributed by atoms with Crippen molar-refractivity contribution in [2.45, 2.75) is 57.8 Å². The number of halogens is 1. The molecule has 0 radical (unpaired) electrons. The molecule has 47 heavy (non-hydrogen) atoms. The molecule has 0 aliphatic carbocycles. The molecule has 0 spiro atoms. The number of furan rings is 1.